The summed E-state index contributed by atoms with van der Waals surface area (Å²) in [5.74, 6) is -0.582. The zero-order valence-electron chi connectivity index (χ0n) is 25.1. The maximum absolute atomic E-state index is 12.4. The van der Waals surface area contributed by atoms with Crippen LogP contribution in [0.1, 0.15) is 60.0 Å². The molecule has 1 aromatic heterocycles. The third kappa shape index (κ3) is 8.29. The lowest BCUT2D eigenvalue weighted by molar-refractivity contribution is -0.645. The van der Waals surface area contributed by atoms with Gasteiger partial charge in [-0.1, -0.05) is 90.6 Å². The van der Waals surface area contributed by atoms with Crippen molar-refractivity contribution in [1.82, 2.24) is 5.32 Å². The Balaban J connectivity index is 1.41. The molecule has 4 aromatic rings. The van der Waals surface area contributed by atoms with E-state index in [0.717, 1.165) is 32.5 Å². The average molecular weight is 629 g/mol. The number of rotatable bonds is 11. The van der Waals surface area contributed by atoms with Crippen molar-refractivity contribution in [3.8, 4) is 0 Å². The number of ether oxygens (including phenoxy) is 3. The first-order valence-corrected chi connectivity index (χ1v) is 15.7. The average Bonchev–Trinajstić information content (AvgIpc) is 3.06. The van der Waals surface area contributed by atoms with Gasteiger partial charge in [0.25, 0.3) is 10.9 Å². The zero-order chi connectivity index (χ0) is 31.8. The van der Waals surface area contributed by atoms with E-state index >= 15 is 0 Å². The smallest absolute Gasteiger partial charge is 0.303 e. The monoisotopic (exact) mass is 628 g/mol. The van der Waals surface area contributed by atoms with Gasteiger partial charge in [-0.2, -0.15) is 4.73 Å². The van der Waals surface area contributed by atoms with E-state index in [1.807, 2.05) is 72.8 Å². The molecular formula is C35H36N2O7S. The fourth-order valence-corrected chi connectivity index (χ4v) is 6.26. The predicted molar refractivity (Wildman–Crippen MR) is 169 cm³/mol. The number of carbonyl (C=O) groups is 2. The minimum Gasteiger partial charge on any atom is -0.618 e. The Labute approximate surface area is 266 Å². The lowest BCUT2D eigenvalue weighted by Gasteiger charge is -2.43. The Kier molecular flexibility index (Phi) is 10.9. The van der Waals surface area contributed by atoms with E-state index < -0.39 is 18.4 Å². The first kappa shape index (κ1) is 32.2. The van der Waals surface area contributed by atoms with Crippen molar-refractivity contribution < 1.29 is 33.6 Å². The zero-order valence-corrected chi connectivity index (χ0v) is 25.9. The van der Waals surface area contributed by atoms with Gasteiger partial charge in [-0.25, -0.2) is 0 Å². The summed E-state index contributed by atoms with van der Waals surface area (Å²) in [5, 5.41) is 25.4. The Bertz CT molecular complexity index is 1570. The number of carbonyl (C=O) groups excluding carboxylic acids is 2. The topological polar surface area (TPSA) is 121 Å². The van der Waals surface area contributed by atoms with Crippen LogP contribution in [0.5, 0.6) is 0 Å². The van der Waals surface area contributed by atoms with Crippen molar-refractivity contribution in [3.05, 3.63) is 136 Å². The first-order valence-electron chi connectivity index (χ1n) is 14.7. The number of aliphatic hydroxyl groups is 1. The molecule has 1 unspecified atom stereocenters. The van der Waals surface area contributed by atoms with Crippen molar-refractivity contribution in [2.75, 3.05) is 5.75 Å². The van der Waals surface area contributed by atoms with Gasteiger partial charge in [0, 0.05) is 42.8 Å². The molecule has 0 saturated carbocycles. The standard InChI is InChI=1S/C35H36N2O7S/c1-23(42-24(2)39)34(40)36-20-25-11-17-29(18-12-25)35-43-30(22-45-31-10-6-7-19-37(31)41)32(27-8-4-3-5-9-27)33(44-35)28-15-13-26(21-38)14-16-28/h3-19,23,30,32-33,35,38H,20-22H2,1-2H3,(H,36,40)/t23-,30+,32+,33-,35?/m0/s1. The maximum atomic E-state index is 12.4. The van der Waals surface area contributed by atoms with E-state index in [1.54, 1.807) is 12.1 Å². The summed E-state index contributed by atoms with van der Waals surface area (Å²) >= 11 is 1.44. The molecule has 9 nitrogen and oxygen atoms in total. The molecule has 0 aliphatic carbocycles. The van der Waals surface area contributed by atoms with Crippen LogP contribution in [0.15, 0.2) is 108 Å². The minimum atomic E-state index is -0.881. The summed E-state index contributed by atoms with van der Waals surface area (Å²) in [5.41, 5.74) is 4.46. The molecular weight excluding hydrogens is 592 g/mol. The Morgan fingerprint density at radius 2 is 1.58 bits per heavy atom. The highest BCUT2D eigenvalue weighted by Gasteiger charge is 2.42. The number of aromatic nitrogens is 1. The molecule has 2 heterocycles. The highest BCUT2D eigenvalue weighted by atomic mass is 32.2. The molecule has 1 saturated heterocycles. The van der Waals surface area contributed by atoms with Gasteiger partial charge < -0.3 is 29.8 Å². The molecule has 0 spiro atoms. The third-order valence-corrected chi connectivity index (χ3v) is 8.69. The molecule has 3 aromatic carbocycles. The van der Waals surface area contributed by atoms with E-state index in [9.17, 15) is 19.9 Å². The van der Waals surface area contributed by atoms with Gasteiger partial charge in [0.15, 0.2) is 18.6 Å². The number of thioether (sulfide) groups is 1. The number of aliphatic hydroxyl groups excluding tert-OH is 1. The second kappa shape index (κ2) is 15.2. The van der Waals surface area contributed by atoms with Crippen molar-refractivity contribution in [2.45, 2.75) is 62.5 Å². The summed E-state index contributed by atoms with van der Waals surface area (Å²) in [6.07, 6.45) is -0.826. The molecule has 1 aliphatic rings. The lowest BCUT2D eigenvalue weighted by Crippen LogP contribution is -2.39. The number of hydrogen-bond acceptors (Lipinski definition) is 8. The maximum Gasteiger partial charge on any atom is 0.303 e. The van der Waals surface area contributed by atoms with Crippen molar-refractivity contribution in [2.24, 2.45) is 0 Å². The number of nitrogens with one attached hydrogen (secondary N) is 1. The van der Waals surface area contributed by atoms with Crippen LogP contribution in [-0.4, -0.2) is 34.9 Å². The van der Waals surface area contributed by atoms with Crippen LogP contribution in [-0.2, 0) is 37.0 Å². The summed E-state index contributed by atoms with van der Waals surface area (Å²) in [4.78, 5) is 23.4. The summed E-state index contributed by atoms with van der Waals surface area (Å²) in [6.45, 7) is 3.00. The highest BCUT2D eigenvalue weighted by Crippen LogP contribution is 2.47. The van der Waals surface area contributed by atoms with Gasteiger partial charge in [-0.15, -0.1) is 0 Å². The number of benzene rings is 3. The fourth-order valence-electron chi connectivity index (χ4n) is 5.27. The first-order chi connectivity index (χ1) is 21.8. The van der Waals surface area contributed by atoms with Crippen LogP contribution < -0.4 is 10.0 Å². The molecule has 0 radical (unpaired) electrons. The summed E-state index contributed by atoms with van der Waals surface area (Å²) in [6, 6.07) is 30.7. The predicted octanol–water partition coefficient (Wildman–Crippen LogP) is 5.11. The van der Waals surface area contributed by atoms with Crippen LogP contribution in [0.2, 0.25) is 0 Å². The second-order valence-electron chi connectivity index (χ2n) is 10.8. The third-order valence-electron chi connectivity index (χ3n) is 7.59. The lowest BCUT2D eigenvalue weighted by atomic mass is 9.84. The van der Waals surface area contributed by atoms with Crippen LogP contribution in [0.3, 0.4) is 0 Å². The second-order valence-corrected chi connectivity index (χ2v) is 11.8. The quantitative estimate of drug-likeness (QED) is 0.102. The molecule has 1 fully saturated rings. The minimum absolute atomic E-state index is 0.0549. The SMILES string of the molecule is CC(=O)O[C@@H](C)C(=O)NCc1ccc(C2O[C@H](CSc3cccc[n+]3[O-])[C@@H](c3ccccc3)[C@H](c3ccc(CO)cc3)O2)cc1. The molecule has 0 bridgehead atoms. The van der Waals surface area contributed by atoms with Gasteiger partial charge in [0.1, 0.15) is 0 Å². The van der Waals surface area contributed by atoms with Crippen molar-refractivity contribution in [1.29, 1.82) is 0 Å². The van der Waals surface area contributed by atoms with E-state index in [2.05, 4.69) is 17.4 Å². The van der Waals surface area contributed by atoms with Crippen LogP contribution in [0.25, 0.3) is 0 Å². The van der Waals surface area contributed by atoms with E-state index in [1.165, 1.54) is 31.8 Å². The summed E-state index contributed by atoms with van der Waals surface area (Å²) in [7, 11) is 0. The number of pyridine rings is 1. The highest BCUT2D eigenvalue weighted by molar-refractivity contribution is 7.99. The molecule has 2 N–H and O–H groups in total. The molecule has 45 heavy (non-hydrogen) atoms. The molecule has 1 amide bonds. The summed E-state index contributed by atoms with van der Waals surface area (Å²) < 4.78 is 19.2. The van der Waals surface area contributed by atoms with E-state index in [-0.39, 0.29) is 37.2 Å². The number of esters is 1. The van der Waals surface area contributed by atoms with E-state index in [0.29, 0.717) is 10.8 Å². The number of amides is 1. The van der Waals surface area contributed by atoms with Crippen molar-refractivity contribution in [3.63, 3.8) is 0 Å². The molecule has 5 rings (SSSR count). The largest absolute Gasteiger partial charge is 0.618 e. The van der Waals surface area contributed by atoms with Gasteiger partial charge in [-0.3, -0.25) is 9.59 Å². The normalized spacial score (nSPS) is 20.2. The van der Waals surface area contributed by atoms with Gasteiger partial charge in [0.05, 0.1) is 18.8 Å². The van der Waals surface area contributed by atoms with Gasteiger partial charge in [-0.05, 0) is 35.2 Å². The molecule has 234 valence electrons. The Morgan fingerprint density at radius 3 is 2.24 bits per heavy atom. The number of nitrogens with zero attached hydrogens (tertiary/aromatic N) is 1. The van der Waals surface area contributed by atoms with Crippen LogP contribution >= 0.6 is 11.8 Å². The van der Waals surface area contributed by atoms with Crippen LogP contribution in [0.4, 0.5) is 0 Å². The van der Waals surface area contributed by atoms with Gasteiger partial charge >= 0.3 is 5.97 Å². The molecule has 5 atom stereocenters. The molecule has 1 aliphatic heterocycles. The Hall–Kier alpha value is -4.22. The van der Waals surface area contributed by atoms with Gasteiger partial charge in [0.2, 0.25) is 0 Å². The van der Waals surface area contributed by atoms with Crippen LogP contribution in [0, 0.1) is 5.21 Å². The number of hydrogen-bond donors (Lipinski definition) is 2. The fraction of sp³-hybridized carbons (Fsp3) is 0.286. The Morgan fingerprint density at radius 1 is 0.911 bits per heavy atom. The van der Waals surface area contributed by atoms with E-state index in [4.69, 9.17) is 14.2 Å². The van der Waals surface area contributed by atoms with Crippen molar-refractivity contribution >= 4 is 23.6 Å². The molecule has 10 heteroatoms.